The number of pyridine rings is 1. The van der Waals surface area contributed by atoms with Gasteiger partial charge in [-0.25, -0.2) is 0 Å². The third-order valence-corrected chi connectivity index (χ3v) is 3.18. The van der Waals surface area contributed by atoms with Gasteiger partial charge in [0, 0.05) is 18.4 Å². The molecule has 1 aromatic heterocycles. The number of aromatic nitrogens is 1. The summed E-state index contributed by atoms with van der Waals surface area (Å²) in [5.74, 6) is 0.872. The Bertz CT molecular complexity index is 505. The molecule has 1 aromatic carbocycles. The minimum atomic E-state index is 0.0311. The maximum atomic E-state index is 6.08. The first kappa shape index (κ1) is 13.8. The van der Waals surface area contributed by atoms with Gasteiger partial charge >= 0.3 is 0 Å². The topological polar surface area (TPSA) is 48.1 Å². The molecule has 0 aliphatic heterocycles. The molecule has 4 heteroatoms. The second-order valence-electron chi connectivity index (χ2n) is 4.38. The summed E-state index contributed by atoms with van der Waals surface area (Å²) in [7, 11) is 0. The van der Waals surface area contributed by atoms with Crippen molar-refractivity contribution < 1.29 is 4.74 Å². The third-order valence-electron chi connectivity index (χ3n) is 2.84. The Balaban J connectivity index is 1.76. The molecular formula is C15H17ClN2O. The first-order valence-corrected chi connectivity index (χ1v) is 6.65. The molecule has 2 rings (SSSR count). The summed E-state index contributed by atoms with van der Waals surface area (Å²) in [4.78, 5) is 3.96. The maximum Gasteiger partial charge on any atom is 0.119 e. The first-order chi connectivity index (χ1) is 9.25. The number of hydrogen-bond acceptors (Lipinski definition) is 3. The molecule has 0 radical (unpaired) electrons. The smallest absolute Gasteiger partial charge is 0.119 e. The number of hydrogen-bond donors (Lipinski definition) is 1. The zero-order valence-electron chi connectivity index (χ0n) is 10.6. The summed E-state index contributed by atoms with van der Waals surface area (Å²) in [6.07, 6.45) is 4.89. The van der Waals surface area contributed by atoms with Crippen molar-refractivity contribution in [3.8, 4) is 5.75 Å². The van der Waals surface area contributed by atoms with Crippen LogP contribution in [0.5, 0.6) is 5.75 Å². The Labute approximate surface area is 118 Å². The van der Waals surface area contributed by atoms with Crippen molar-refractivity contribution in [1.82, 2.24) is 4.98 Å². The molecule has 2 N–H and O–H groups in total. The molecule has 2 aromatic rings. The lowest BCUT2D eigenvalue weighted by molar-refractivity contribution is 0.297. The van der Waals surface area contributed by atoms with Gasteiger partial charge in [0.05, 0.1) is 11.6 Å². The molecule has 1 heterocycles. The van der Waals surface area contributed by atoms with Crippen LogP contribution in [0.15, 0.2) is 48.8 Å². The average Bonchev–Trinajstić information content (AvgIpc) is 2.43. The van der Waals surface area contributed by atoms with E-state index < -0.39 is 0 Å². The fraction of sp³-hybridized carbons (Fsp3) is 0.267. The number of nitrogens with two attached hydrogens (primary N) is 1. The molecule has 1 atom stereocenters. The van der Waals surface area contributed by atoms with Crippen molar-refractivity contribution in [3.63, 3.8) is 0 Å². The van der Waals surface area contributed by atoms with Crippen molar-refractivity contribution in [2.45, 2.75) is 18.9 Å². The number of halogens is 1. The minimum Gasteiger partial charge on any atom is -0.494 e. The van der Waals surface area contributed by atoms with Crippen molar-refractivity contribution in [1.29, 1.82) is 0 Å². The van der Waals surface area contributed by atoms with Gasteiger partial charge < -0.3 is 10.5 Å². The minimum absolute atomic E-state index is 0.0311. The zero-order valence-corrected chi connectivity index (χ0v) is 11.4. The van der Waals surface area contributed by atoms with Crippen molar-refractivity contribution >= 4 is 11.6 Å². The summed E-state index contributed by atoms with van der Waals surface area (Å²) in [5, 5.41) is 0.668. The molecule has 0 fully saturated rings. The largest absolute Gasteiger partial charge is 0.494 e. The van der Waals surface area contributed by atoms with Crippen LogP contribution in [0.25, 0.3) is 0 Å². The van der Waals surface area contributed by atoms with Gasteiger partial charge in [0.25, 0.3) is 0 Å². The van der Waals surface area contributed by atoms with Crippen LogP contribution in [0, 0.1) is 0 Å². The highest BCUT2D eigenvalue weighted by atomic mass is 35.5. The molecular weight excluding hydrogens is 260 g/mol. The van der Waals surface area contributed by atoms with Crippen LogP contribution in [0.4, 0.5) is 0 Å². The molecule has 0 aliphatic rings. The van der Waals surface area contributed by atoms with Gasteiger partial charge in [-0.05, 0) is 36.6 Å². The van der Waals surface area contributed by atoms with Gasteiger partial charge in [-0.2, -0.15) is 0 Å². The molecule has 1 unspecified atom stereocenters. The fourth-order valence-electron chi connectivity index (χ4n) is 1.80. The molecule has 19 heavy (non-hydrogen) atoms. The first-order valence-electron chi connectivity index (χ1n) is 6.27. The highest BCUT2D eigenvalue weighted by Crippen LogP contribution is 2.16. The highest BCUT2D eigenvalue weighted by molar-refractivity contribution is 6.31. The predicted molar refractivity (Wildman–Crippen MR) is 77.5 cm³/mol. The maximum absolute atomic E-state index is 6.08. The zero-order chi connectivity index (χ0) is 13.5. The quantitative estimate of drug-likeness (QED) is 0.882. The van der Waals surface area contributed by atoms with Gasteiger partial charge in [-0.15, -0.1) is 0 Å². The van der Waals surface area contributed by atoms with E-state index in [4.69, 9.17) is 22.1 Å². The van der Waals surface area contributed by atoms with Crippen LogP contribution in [-0.2, 0) is 6.42 Å². The standard InChI is InChI=1S/C15H17ClN2O/c16-15-11-18-8-6-12(15)10-13(17)7-9-19-14-4-2-1-3-5-14/h1-6,8,11,13H,7,9-10,17H2. The molecule has 0 aliphatic carbocycles. The van der Waals surface area contributed by atoms with E-state index >= 15 is 0 Å². The second kappa shape index (κ2) is 7.12. The summed E-state index contributed by atoms with van der Waals surface area (Å²) in [6.45, 7) is 0.605. The van der Waals surface area contributed by atoms with Crippen LogP contribution in [0.2, 0.25) is 5.02 Å². The van der Waals surface area contributed by atoms with Gasteiger partial charge in [0.2, 0.25) is 0 Å². The summed E-state index contributed by atoms with van der Waals surface area (Å²) >= 11 is 6.05. The van der Waals surface area contributed by atoms with Gasteiger partial charge in [0.1, 0.15) is 5.75 Å². The molecule has 100 valence electrons. The number of nitrogens with zero attached hydrogens (tertiary/aromatic N) is 1. The van der Waals surface area contributed by atoms with Crippen molar-refractivity contribution in [2.24, 2.45) is 5.73 Å². The van der Waals surface area contributed by atoms with Crippen LogP contribution >= 0.6 is 11.6 Å². The lowest BCUT2D eigenvalue weighted by Crippen LogP contribution is -2.25. The van der Waals surface area contributed by atoms with Crippen molar-refractivity contribution in [2.75, 3.05) is 6.61 Å². The number of rotatable bonds is 6. The van der Waals surface area contributed by atoms with E-state index in [2.05, 4.69) is 4.98 Å². The van der Waals surface area contributed by atoms with E-state index in [1.807, 2.05) is 36.4 Å². The SMILES string of the molecule is NC(CCOc1ccccc1)Cc1ccncc1Cl. The third kappa shape index (κ3) is 4.54. The number of para-hydroxylation sites is 1. The summed E-state index contributed by atoms with van der Waals surface area (Å²) in [5.41, 5.74) is 7.11. The van der Waals surface area contributed by atoms with Crippen LogP contribution in [0.3, 0.4) is 0 Å². The van der Waals surface area contributed by atoms with E-state index in [0.29, 0.717) is 11.6 Å². The number of benzene rings is 1. The Morgan fingerprint density at radius 3 is 2.74 bits per heavy atom. The van der Waals surface area contributed by atoms with E-state index in [9.17, 15) is 0 Å². The van der Waals surface area contributed by atoms with Crippen molar-refractivity contribution in [3.05, 3.63) is 59.4 Å². The van der Waals surface area contributed by atoms with E-state index in [0.717, 1.165) is 24.2 Å². The molecule has 0 saturated carbocycles. The molecule has 3 nitrogen and oxygen atoms in total. The van der Waals surface area contributed by atoms with Crippen LogP contribution < -0.4 is 10.5 Å². The average molecular weight is 277 g/mol. The highest BCUT2D eigenvalue weighted by Gasteiger charge is 2.07. The van der Waals surface area contributed by atoms with E-state index in [1.54, 1.807) is 12.4 Å². The van der Waals surface area contributed by atoms with Crippen LogP contribution in [-0.4, -0.2) is 17.6 Å². The normalized spacial score (nSPS) is 12.1. The Morgan fingerprint density at radius 2 is 2.00 bits per heavy atom. The Kier molecular flexibility index (Phi) is 5.19. The lowest BCUT2D eigenvalue weighted by Gasteiger charge is -2.13. The Morgan fingerprint density at radius 1 is 1.21 bits per heavy atom. The van der Waals surface area contributed by atoms with Crippen LogP contribution in [0.1, 0.15) is 12.0 Å². The Hall–Kier alpha value is -1.58. The fourth-order valence-corrected chi connectivity index (χ4v) is 2.00. The number of ether oxygens (including phenoxy) is 1. The van der Waals surface area contributed by atoms with Gasteiger partial charge in [-0.1, -0.05) is 29.8 Å². The molecule has 0 bridgehead atoms. The monoisotopic (exact) mass is 276 g/mol. The van der Waals surface area contributed by atoms with E-state index in [1.165, 1.54) is 0 Å². The molecule has 0 spiro atoms. The summed E-state index contributed by atoms with van der Waals surface area (Å²) < 4.78 is 5.62. The second-order valence-corrected chi connectivity index (χ2v) is 4.79. The summed E-state index contributed by atoms with van der Waals surface area (Å²) in [6, 6.07) is 11.7. The molecule has 0 amide bonds. The predicted octanol–water partition coefficient (Wildman–Crippen LogP) is 3.07. The van der Waals surface area contributed by atoms with E-state index in [-0.39, 0.29) is 6.04 Å². The lowest BCUT2D eigenvalue weighted by atomic mass is 10.1. The molecule has 0 saturated heterocycles. The van der Waals surface area contributed by atoms with Gasteiger partial charge in [0.15, 0.2) is 0 Å². The van der Waals surface area contributed by atoms with Gasteiger partial charge in [-0.3, -0.25) is 4.98 Å².